The molecule has 0 aromatic heterocycles. The van der Waals surface area contributed by atoms with Crippen LogP contribution in [0.5, 0.6) is 11.5 Å². The Balaban J connectivity index is 1.86. The van der Waals surface area contributed by atoms with E-state index >= 15 is 0 Å². The zero-order valence-electron chi connectivity index (χ0n) is 17.6. The highest BCUT2D eigenvalue weighted by atomic mass is 16.5. The summed E-state index contributed by atoms with van der Waals surface area (Å²) in [5.74, 6) is 1.05. The van der Waals surface area contributed by atoms with Gasteiger partial charge in [0.1, 0.15) is 0 Å². The van der Waals surface area contributed by atoms with Crippen molar-refractivity contribution in [2.45, 2.75) is 40.2 Å². The maximum absolute atomic E-state index is 12.3. The first-order valence-corrected chi connectivity index (χ1v) is 9.98. The van der Waals surface area contributed by atoms with Crippen molar-refractivity contribution in [1.82, 2.24) is 10.6 Å². The van der Waals surface area contributed by atoms with E-state index in [1.165, 1.54) is 0 Å². The molecular formula is C23H30N2O4. The van der Waals surface area contributed by atoms with Crippen LogP contribution in [-0.4, -0.2) is 31.6 Å². The Morgan fingerprint density at radius 1 is 1.00 bits per heavy atom. The van der Waals surface area contributed by atoms with Gasteiger partial charge in [0.05, 0.1) is 19.3 Å². The van der Waals surface area contributed by atoms with Gasteiger partial charge in [0.25, 0.3) is 5.91 Å². The van der Waals surface area contributed by atoms with Crippen molar-refractivity contribution in [2.75, 3.05) is 19.8 Å². The lowest BCUT2D eigenvalue weighted by Gasteiger charge is -2.17. The summed E-state index contributed by atoms with van der Waals surface area (Å²) in [5, 5.41) is 5.73. The van der Waals surface area contributed by atoms with Crippen molar-refractivity contribution in [3.8, 4) is 11.5 Å². The van der Waals surface area contributed by atoms with E-state index in [1.54, 1.807) is 6.07 Å². The Morgan fingerprint density at radius 3 is 2.41 bits per heavy atom. The van der Waals surface area contributed by atoms with E-state index < -0.39 is 0 Å². The number of aryl methyl sites for hydroxylation is 1. The molecule has 6 nitrogen and oxygen atoms in total. The number of hydrogen-bond donors (Lipinski definition) is 2. The van der Waals surface area contributed by atoms with Gasteiger partial charge in [0.15, 0.2) is 11.5 Å². The maximum atomic E-state index is 12.3. The van der Waals surface area contributed by atoms with Crippen LogP contribution < -0.4 is 20.1 Å². The first kappa shape index (κ1) is 22.3. The molecule has 2 aromatic rings. The van der Waals surface area contributed by atoms with Crippen LogP contribution in [0.4, 0.5) is 0 Å². The summed E-state index contributed by atoms with van der Waals surface area (Å²) < 4.78 is 11.2. The molecular weight excluding hydrogens is 368 g/mol. The van der Waals surface area contributed by atoms with Gasteiger partial charge in [0.2, 0.25) is 5.91 Å². The maximum Gasteiger partial charge on any atom is 0.251 e. The quantitative estimate of drug-likeness (QED) is 0.638. The second-order valence-electron chi connectivity index (χ2n) is 6.74. The van der Waals surface area contributed by atoms with Crippen LogP contribution in [-0.2, 0) is 4.79 Å². The molecule has 29 heavy (non-hydrogen) atoms. The van der Waals surface area contributed by atoms with Crippen molar-refractivity contribution in [3.63, 3.8) is 0 Å². The number of nitrogens with one attached hydrogen (secondary N) is 2. The molecule has 6 heteroatoms. The van der Waals surface area contributed by atoms with Crippen LogP contribution in [0.15, 0.2) is 42.5 Å². The average molecular weight is 399 g/mol. The van der Waals surface area contributed by atoms with Crippen molar-refractivity contribution in [3.05, 3.63) is 59.2 Å². The molecule has 0 bridgehead atoms. The topological polar surface area (TPSA) is 76.7 Å². The van der Waals surface area contributed by atoms with Gasteiger partial charge in [-0.25, -0.2) is 0 Å². The number of amides is 2. The monoisotopic (exact) mass is 398 g/mol. The molecule has 0 aliphatic rings. The summed E-state index contributed by atoms with van der Waals surface area (Å²) in [7, 11) is 0. The molecule has 0 saturated carbocycles. The number of ether oxygens (including phenoxy) is 2. The van der Waals surface area contributed by atoms with E-state index in [1.807, 2.05) is 64.1 Å². The molecule has 2 N–H and O–H groups in total. The van der Waals surface area contributed by atoms with Gasteiger partial charge in [-0.15, -0.1) is 0 Å². The first-order valence-electron chi connectivity index (χ1n) is 9.98. The van der Waals surface area contributed by atoms with E-state index in [2.05, 4.69) is 10.6 Å². The van der Waals surface area contributed by atoms with E-state index in [0.29, 0.717) is 30.3 Å². The number of hydrogen-bond acceptors (Lipinski definition) is 4. The zero-order valence-corrected chi connectivity index (χ0v) is 17.6. The van der Waals surface area contributed by atoms with Crippen LogP contribution >= 0.6 is 0 Å². The van der Waals surface area contributed by atoms with Crippen LogP contribution in [0.1, 0.15) is 54.7 Å². The number of carbonyl (C=O) groups excluding carboxylic acids is 2. The smallest absolute Gasteiger partial charge is 0.251 e. The molecule has 2 aromatic carbocycles. The van der Waals surface area contributed by atoms with E-state index in [4.69, 9.17) is 9.47 Å². The SMILES string of the molecule is CCOc1ccc([C@@H](C)NC(=O)CCNC(=O)c2cccc(C)c2)cc1OCC. The van der Waals surface area contributed by atoms with E-state index in [0.717, 1.165) is 11.1 Å². The van der Waals surface area contributed by atoms with E-state index in [-0.39, 0.29) is 30.8 Å². The highest BCUT2D eigenvalue weighted by Gasteiger charge is 2.14. The van der Waals surface area contributed by atoms with Crippen molar-refractivity contribution < 1.29 is 19.1 Å². The molecule has 0 saturated heterocycles. The fraction of sp³-hybridized carbons (Fsp3) is 0.391. The first-order chi connectivity index (χ1) is 13.9. The molecule has 156 valence electrons. The minimum absolute atomic E-state index is 0.131. The van der Waals surface area contributed by atoms with Gasteiger partial charge in [-0.1, -0.05) is 23.8 Å². The standard InChI is InChI=1S/C23H30N2O4/c1-5-28-20-11-10-18(15-21(20)29-6-2)17(4)25-22(26)12-13-24-23(27)19-9-7-8-16(3)14-19/h7-11,14-15,17H,5-6,12-13H2,1-4H3,(H,24,27)(H,25,26)/t17-/m1/s1. The predicted molar refractivity (Wildman–Crippen MR) is 113 cm³/mol. The molecule has 0 radical (unpaired) electrons. The second kappa shape index (κ2) is 11.1. The average Bonchev–Trinajstić information content (AvgIpc) is 2.69. The summed E-state index contributed by atoms with van der Waals surface area (Å²) >= 11 is 0. The van der Waals surface area contributed by atoms with Gasteiger partial charge < -0.3 is 20.1 Å². The third-order valence-electron chi connectivity index (χ3n) is 4.36. The fourth-order valence-electron chi connectivity index (χ4n) is 2.91. The van der Waals surface area contributed by atoms with Crippen molar-refractivity contribution >= 4 is 11.8 Å². The zero-order chi connectivity index (χ0) is 21.2. The van der Waals surface area contributed by atoms with Gasteiger partial charge >= 0.3 is 0 Å². The van der Waals surface area contributed by atoms with Gasteiger partial charge in [-0.2, -0.15) is 0 Å². The lowest BCUT2D eigenvalue weighted by atomic mass is 10.1. The number of benzene rings is 2. The minimum atomic E-state index is -0.190. The molecule has 0 heterocycles. The van der Waals surface area contributed by atoms with Crippen LogP contribution in [0, 0.1) is 6.92 Å². The van der Waals surface area contributed by atoms with Crippen molar-refractivity contribution in [2.24, 2.45) is 0 Å². The van der Waals surface area contributed by atoms with Gasteiger partial charge in [0, 0.05) is 18.5 Å². The molecule has 0 aliphatic carbocycles. The number of carbonyl (C=O) groups is 2. The van der Waals surface area contributed by atoms with Gasteiger partial charge in [-0.05, 0) is 57.5 Å². The summed E-state index contributed by atoms with van der Waals surface area (Å²) in [6, 6.07) is 12.8. The Hall–Kier alpha value is -3.02. The lowest BCUT2D eigenvalue weighted by Crippen LogP contribution is -2.32. The summed E-state index contributed by atoms with van der Waals surface area (Å²) in [5.41, 5.74) is 2.54. The highest BCUT2D eigenvalue weighted by Crippen LogP contribution is 2.30. The van der Waals surface area contributed by atoms with Crippen LogP contribution in [0.2, 0.25) is 0 Å². The Morgan fingerprint density at radius 2 is 1.72 bits per heavy atom. The Kier molecular flexibility index (Phi) is 8.52. The predicted octanol–water partition coefficient (Wildman–Crippen LogP) is 3.79. The molecule has 0 aliphatic heterocycles. The summed E-state index contributed by atoms with van der Waals surface area (Å²) in [4.78, 5) is 24.4. The lowest BCUT2D eigenvalue weighted by molar-refractivity contribution is -0.121. The van der Waals surface area contributed by atoms with Gasteiger partial charge in [-0.3, -0.25) is 9.59 Å². The molecule has 1 atom stereocenters. The Labute approximate surface area is 172 Å². The summed E-state index contributed by atoms with van der Waals surface area (Å²) in [6.45, 7) is 9.05. The largest absolute Gasteiger partial charge is 0.490 e. The summed E-state index contributed by atoms with van der Waals surface area (Å²) in [6.07, 6.45) is 0.206. The third-order valence-corrected chi connectivity index (χ3v) is 4.36. The van der Waals surface area contributed by atoms with Crippen LogP contribution in [0.25, 0.3) is 0 Å². The normalized spacial score (nSPS) is 11.4. The molecule has 0 unspecified atom stereocenters. The third kappa shape index (κ3) is 6.82. The molecule has 0 fully saturated rings. The van der Waals surface area contributed by atoms with Crippen LogP contribution in [0.3, 0.4) is 0 Å². The molecule has 2 amide bonds. The van der Waals surface area contributed by atoms with E-state index in [9.17, 15) is 9.59 Å². The Bertz CT molecular complexity index is 835. The highest BCUT2D eigenvalue weighted by molar-refractivity contribution is 5.94. The minimum Gasteiger partial charge on any atom is -0.490 e. The number of rotatable bonds is 10. The fourth-order valence-corrected chi connectivity index (χ4v) is 2.91. The van der Waals surface area contributed by atoms with Crippen molar-refractivity contribution in [1.29, 1.82) is 0 Å². The second-order valence-corrected chi connectivity index (χ2v) is 6.74. The molecule has 0 spiro atoms. The molecule has 2 rings (SSSR count).